The molecule has 6 nitrogen and oxygen atoms in total. The molecule has 2 bridgehead atoms. The van der Waals surface area contributed by atoms with E-state index < -0.39 is 5.91 Å². The molecule has 2 saturated heterocycles. The van der Waals surface area contributed by atoms with Gasteiger partial charge >= 0.3 is 0 Å². The summed E-state index contributed by atoms with van der Waals surface area (Å²) in [4.78, 5) is 26.9. The van der Waals surface area contributed by atoms with Crippen LogP contribution in [0.4, 0.5) is 0 Å². The molecule has 3 heterocycles. The highest BCUT2D eigenvalue weighted by Gasteiger charge is 2.43. The summed E-state index contributed by atoms with van der Waals surface area (Å²) < 4.78 is 11.2. The zero-order valence-corrected chi connectivity index (χ0v) is 16.2. The van der Waals surface area contributed by atoms with Crippen molar-refractivity contribution >= 4 is 11.8 Å². The highest BCUT2D eigenvalue weighted by molar-refractivity contribution is 5.95. The first kappa shape index (κ1) is 18.0. The number of carbonyl (C=O) groups excluding carboxylic acids is 2. The number of carbonyl (C=O) groups is 2. The van der Waals surface area contributed by atoms with Gasteiger partial charge in [0.2, 0.25) is 5.91 Å². The maximum Gasteiger partial charge on any atom is 0.254 e. The molecule has 29 heavy (non-hydrogen) atoms. The minimum Gasteiger partial charge on any atom is -0.486 e. The Labute approximate surface area is 169 Å². The van der Waals surface area contributed by atoms with Crippen LogP contribution in [0.15, 0.2) is 42.5 Å². The lowest BCUT2D eigenvalue weighted by molar-refractivity contribution is 0.0570. The predicted octanol–water partition coefficient (Wildman–Crippen LogP) is 3.11. The summed E-state index contributed by atoms with van der Waals surface area (Å²) in [7, 11) is 0. The largest absolute Gasteiger partial charge is 0.486 e. The van der Waals surface area contributed by atoms with Crippen LogP contribution in [0, 0.1) is 0 Å². The van der Waals surface area contributed by atoms with Gasteiger partial charge in [-0.05, 0) is 67.5 Å². The van der Waals surface area contributed by atoms with Gasteiger partial charge in [0.15, 0.2) is 11.5 Å². The fraction of sp³-hybridized carbons (Fsp3) is 0.391. The van der Waals surface area contributed by atoms with E-state index in [0.717, 1.165) is 31.2 Å². The molecule has 6 heteroatoms. The van der Waals surface area contributed by atoms with Gasteiger partial charge in [0.05, 0.1) is 0 Å². The Morgan fingerprint density at radius 2 is 1.62 bits per heavy atom. The molecular formula is C23H24N2O4. The van der Waals surface area contributed by atoms with E-state index in [9.17, 15) is 9.59 Å². The summed E-state index contributed by atoms with van der Waals surface area (Å²) in [6.07, 6.45) is 3.87. The van der Waals surface area contributed by atoms with Crippen LogP contribution in [0.2, 0.25) is 0 Å². The number of nitrogens with two attached hydrogens (primary N) is 1. The fourth-order valence-electron chi connectivity index (χ4n) is 5.05. The van der Waals surface area contributed by atoms with Gasteiger partial charge in [-0.15, -0.1) is 0 Å². The maximum atomic E-state index is 13.3. The van der Waals surface area contributed by atoms with Crippen LogP contribution in [0.3, 0.4) is 0 Å². The standard InChI is InChI=1S/C23H24N2O4/c24-22(26)15-3-1-2-14(10-15)17-11-18-5-6-19(12-17)25(18)23(27)16-4-7-20-21(13-16)29-9-8-28-20/h1-4,7,10,13,17-19H,5-6,8-9,11-12H2,(H2,24,26). The third kappa shape index (κ3) is 3.22. The SMILES string of the molecule is NC(=O)c1cccc(C2CC3CCC(C2)N3C(=O)c2ccc3c(c2)OCCO3)c1. The number of rotatable bonds is 3. The lowest BCUT2D eigenvalue weighted by atomic mass is 9.84. The van der Waals surface area contributed by atoms with Gasteiger partial charge in [0.1, 0.15) is 13.2 Å². The van der Waals surface area contributed by atoms with E-state index in [-0.39, 0.29) is 18.0 Å². The normalized spacial score (nSPS) is 25.0. The van der Waals surface area contributed by atoms with Crippen molar-refractivity contribution in [2.75, 3.05) is 13.2 Å². The van der Waals surface area contributed by atoms with Crippen LogP contribution in [-0.4, -0.2) is 42.0 Å². The molecule has 2 aromatic rings. The molecule has 5 rings (SSSR count). The van der Waals surface area contributed by atoms with E-state index >= 15 is 0 Å². The quantitative estimate of drug-likeness (QED) is 0.870. The van der Waals surface area contributed by atoms with E-state index in [1.165, 1.54) is 0 Å². The second-order valence-electron chi connectivity index (χ2n) is 8.11. The minimum absolute atomic E-state index is 0.0683. The molecule has 0 aromatic heterocycles. The number of fused-ring (bicyclic) bond motifs is 3. The molecule has 0 aliphatic carbocycles. The third-order valence-electron chi connectivity index (χ3n) is 6.40. The molecule has 2 amide bonds. The van der Waals surface area contributed by atoms with Crippen molar-refractivity contribution in [2.24, 2.45) is 5.73 Å². The molecule has 3 aliphatic heterocycles. The Hall–Kier alpha value is -3.02. The highest BCUT2D eigenvalue weighted by atomic mass is 16.6. The number of benzene rings is 2. The van der Waals surface area contributed by atoms with Crippen LogP contribution in [-0.2, 0) is 0 Å². The molecule has 3 aliphatic rings. The van der Waals surface area contributed by atoms with Crippen LogP contribution < -0.4 is 15.2 Å². The van der Waals surface area contributed by atoms with Crippen molar-refractivity contribution in [3.63, 3.8) is 0 Å². The number of amides is 2. The monoisotopic (exact) mass is 392 g/mol. The van der Waals surface area contributed by atoms with Gasteiger partial charge in [-0.2, -0.15) is 0 Å². The summed E-state index contributed by atoms with van der Waals surface area (Å²) in [5, 5.41) is 0. The molecule has 2 unspecified atom stereocenters. The second kappa shape index (κ2) is 7.10. The Balaban J connectivity index is 1.36. The second-order valence-corrected chi connectivity index (χ2v) is 8.11. The maximum absolute atomic E-state index is 13.3. The molecule has 2 aromatic carbocycles. The smallest absolute Gasteiger partial charge is 0.254 e. The van der Waals surface area contributed by atoms with E-state index in [1.54, 1.807) is 12.1 Å². The predicted molar refractivity (Wildman–Crippen MR) is 107 cm³/mol. The van der Waals surface area contributed by atoms with Gasteiger partial charge in [0.25, 0.3) is 5.91 Å². The van der Waals surface area contributed by atoms with E-state index in [0.29, 0.717) is 41.8 Å². The first-order valence-electron chi connectivity index (χ1n) is 10.2. The zero-order chi connectivity index (χ0) is 20.0. The Bertz CT molecular complexity index is 959. The van der Waals surface area contributed by atoms with E-state index in [4.69, 9.17) is 15.2 Å². The summed E-state index contributed by atoms with van der Waals surface area (Å²) >= 11 is 0. The molecule has 2 fully saturated rings. The van der Waals surface area contributed by atoms with Gasteiger partial charge in [-0.3, -0.25) is 9.59 Å². The summed E-state index contributed by atoms with van der Waals surface area (Å²) in [6.45, 7) is 1.04. The van der Waals surface area contributed by atoms with Crippen molar-refractivity contribution in [3.8, 4) is 11.5 Å². The summed E-state index contributed by atoms with van der Waals surface area (Å²) in [5.74, 6) is 1.35. The highest BCUT2D eigenvalue weighted by Crippen LogP contribution is 2.44. The average Bonchev–Trinajstić information content (AvgIpc) is 3.02. The molecule has 2 N–H and O–H groups in total. The number of hydrogen-bond acceptors (Lipinski definition) is 4. The van der Waals surface area contributed by atoms with Crippen molar-refractivity contribution in [1.29, 1.82) is 0 Å². The summed E-state index contributed by atoms with van der Waals surface area (Å²) in [5.41, 5.74) is 7.79. The third-order valence-corrected chi connectivity index (χ3v) is 6.40. The molecule has 0 spiro atoms. The molecule has 2 atom stereocenters. The van der Waals surface area contributed by atoms with Crippen molar-refractivity contribution in [3.05, 3.63) is 59.2 Å². The number of piperidine rings is 1. The lowest BCUT2D eigenvalue weighted by Gasteiger charge is -2.39. The van der Waals surface area contributed by atoms with Crippen molar-refractivity contribution in [2.45, 2.75) is 43.7 Å². The zero-order valence-electron chi connectivity index (χ0n) is 16.2. The van der Waals surface area contributed by atoms with E-state index in [2.05, 4.69) is 11.0 Å². The number of primary amides is 1. The molecule has 0 radical (unpaired) electrons. The van der Waals surface area contributed by atoms with Crippen molar-refractivity contribution < 1.29 is 19.1 Å². The number of ether oxygens (including phenoxy) is 2. The van der Waals surface area contributed by atoms with Gasteiger partial charge in [-0.1, -0.05) is 12.1 Å². The van der Waals surface area contributed by atoms with Gasteiger partial charge in [-0.25, -0.2) is 0 Å². The Morgan fingerprint density at radius 1 is 0.897 bits per heavy atom. The first-order valence-corrected chi connectivity index (χ1v) is 10.2. The van der Waals surface area contributed by atoms with Crippen LogP contribution in [0.5, 0.6) is 11.5 Å². The summed E-state index contributed by atoms with van der Waals surface area (Å²) in [6, 6.07) is 13.5. The van der Waals surface area contributed by atoms with Gasteiger partial charge in [0, 0.05) is 23.2 Å². The van der Waals surface area contributed by atoms with Gasteiger partial charge < -0.3 is 20.1 Å². The fourth-order valence-corrected chi connectivity index (χ4v) is 5.05. The first-order chi connectivity index (χ1) is 14.1. The number of hydrogen-bond donors (Lipinski definition) is 1. The minimum atomic E-state index is -0.402. The van der Waals surface area contributed by atoms with Crippen LogP contribution >= 0.6 is 0 Å². The van der Waals surface area contributed by atoms with Crippen LogP contribution in [0.25, 0.3) is 0 Å². The van der Waals surface area contributed by atoms with E-state index in [1.807, 2.05) is 24.3 Å². The Morgan fingerprint density at radius 3 is 2.34 bits per heavy atom. The van der Waals surface area contributed by atoms with Crippen LogP contribution in [0.1, 0.15) is 57.9 Å². The molecule has 0 saturated carbocycles. The molecule has 150 valence electrons. The lowest BCUT2D eigenvalue weighted by Crippen LogP contribution is -2.46. The number of nitrogens with zero attached hydrogens (tertiary/aromatic N) is 1. The average molecular weight is 392 g/mol. The molecular weight excluding hydrogens is 368 g/mol. The topological polar surface area (TPSA) is 81.9 Å². The van der Waals surface area contributed by atoms with Crippen molar-refractivity contribution in [1.82, 2.24) is 4.90 Å². The Kier molecular flexibility index (Phi) is 4.42.